The molecule has 0 bridgehead atoms. The SMILES string of the molecule is C=C1C2C=CCCCC12. The zero-order valence-corrected chi connectivity index (χ0v) is 5.64. The van der Waals surface area contributed by atoms with Crippen molar-refractivity contribution < 1.29 is 0 Å². The Labute approximate surface area is 56.3 Å². The summed E-state index contributed by atoms with van der Waals surface area (Å²) in [6, 6.07) is 0. The molecule has 2 aliphatic rings. The lowest BCUT2D eigenvalue weighted by Gasteiger charge is -1.88. The summed E-state index contributed by atoms with van der Waals surface area (Å²) in [5, 5.41) is 0. The summed E-state index contributed by atoms with van der Waals surface area (Å²) in [7, 11) is 0. The van der Waals surface area contributed by atoms with Crippen LogP contribution < -0.4 is 0 Å². The summed E-state index contributed by atoms with van der Waals surface area (Å²) >= 11 is 0. The molecule has 48 valence electrons. The maximum absolute atomic E-state index is 4.00. The maximum Gasteiger partial charge on any atom is 0.00428 e. The van der Waals surface area contributed by atoms with E-state index < -0.39 is 0 Å². The predicted molar refractivity (Wildman–Crippen MR) is 39.1 cm³/mol. The first-order valence-electron chi connectivity index (χ1n) is 3.75. The lowest BCUT2D eigenvalue weighted by Crippen LogP contribution is -1.74. The second-order valence-corrected chi connectivity index (χ2v) is 3.07. The molecule has 0 N–H and O–H groups in total. The minimum atomic E-state index is 0.785. The topological polar surface area (TPSA) is 0 Å². The van der Waals surface area contributed by atoms with Crippen LogP contribution in [0, 0.1) is 11.8 Å². The highest BCUT2D eigenvalue weighted by atomic mass is 14.4. The molecule has 2 rings (SSSR count). The second kappa shape index (κ2) is 1.73. The van der Waals surface area contributed by atoms with Gasteiger partial charge in [-0.25, -0.2) is 0 Å². The van der Waals surface area contributed by atoms with E-state index in [-0.39, 0.29) is 0 Å². The third-order valence-corrected chi connectivity index (χ3v) is 2.46. The molecule has 9 heavy (non-hydrogen) atoms. The Morgan fingerprint density at radius 1 is 1.56 bits per heavy atom. The highest BCUT2D eigenvalue weighted by molar-refractivity contribution is 5.32. The van der Waals surface area contributed by atoms with Crippen molar-refractivity contribution in [3.8, 4) is 0 Å². The molecular weight excluding hydrogens is 108 g/mol. The van der Waals surface area contributed by atoms with Gasteiger partial charge >= 0.3 is 0 Å². The van der Waals surface area contributed by atoms with E-state index in [9.17, 15) is 0 Å². The maximum atomic E-state index is 4.00. The van der Waals surface area contributed by atoms with Crippen LogP contribution in [0.15, 0.2) is 24.3 Å². The monoisotopic (exact) mass is 120 g/mol. The smallest absolute Gasteiger partial charge is 0.00428 e. The highest BCUT2D eigenvalue weighted by Crippen LogP contribution is 2.49. The predicted octanol–water partition coefficient (Wildman–Crippen LogP) is 2.53. The van der Waals surface area contributed by atoms with Crippen LogP contribution in [0.1, 0.15) is 19.3 Å². The number of hydrogen-bond acceptors (Lipinski definition) is 0. The van der Waals surface area contributed by atoms with Crippen molar-refractivity contribution >= 4 is 0 Å². The van der Waals surface area contributed by atoms with E-state index in [1.165, 1.54) is 24.8 Å². The Balaban J connectivity index is 2.13. The van der Waals surface area contributed by atoms with E-state index in [0.29, 0.717) is 0 Å². The normalized spacial score (nSPS) is 39.8. The van der Waals surface area contributed by atoms with E-state index in [4.69, 9.17) is 0 Å². The van der Waals surface area contributed by atoms with Crippen LogP contribution in [0.2, 0.25) is 0 Å². The lowest BCUT2D eigenvalue weighted by atomic mass is 10.2. The molecule has 0 radical (unpaired) electrons. The Morgan fingerprint density at radius 3 is 3.33 bits per heavy atom. The molecule has 0 heteroatoms. The van der Waals surface area contributed by atoms with Gasteiger partial charge in [0.15, 0.2) is 0 Å². The number of allylic oxidation sites excluding steroid dienone is 3. The van der Waals surface area contributed by atoms with Crippen molar-refractivity contribution in [1.82, 2.24) is 0 Å². The first kappa shape index (κ1) is 5.28. The molecule has 1 fully saturated rings. The Morgan fingerprint density at radius 2 is 2.44 bits per heavy atom. The van der Waals surface area contributed by atoms with Crippen molar-refractivity contribution in [2.45, 2.75) is 19.3 Å². The molecule has 0 aliphatic heterocycles. The standard InChI is InChI=1S/C9H12/c1-7-8-5-3-2-4-6-9(7)8/h3,5,8-9H,1-2,4,6H2. The Hall–Kier alpha value is -0.520. The Kier molecular flexibility index (Phi) is 1.01. The van der Waals surface area contributed by atoms with E-state index >= 15 is 0 Å². The van der Waals surface area contributed by atoms with Gasteiger partial charge in [-0.1, -0.05) is 24.3 Å². The van der Waals surface area contributed by atoms with Gasteiger partial charge in [-0.3, -0.25) is 0 Å². The quantitative estimate of drug-likeness (QED) is 0.431. The molecule has 0 aromatic carbocycles. The number of fused-ring (bicyclic) bond motifs is 1. The van der Waals surface area contributed by atoms with E-state index in [0.717, 1.165) is 11.8 Å². The third kappa shape index (κ3) is 0.735. The van der Waals surface area contributed by atoms with Gasteiger partial charge in [-0.05, 0) is 25.2 Å². The minimum Gasteiger partial charge on any atom is -0.0989 e. The van der Waals surface area contributed by atoms with E-state index in [2.05, 4.69) is 18.7 Å². The summed E-state index contributed by atoms with van der Waals surface area (Å²) in [4.78, 5) is 0. The zero-order valence-electron chi connectivity index (χ0n) is 5.64. The third-order valence-electron chi connectivity index (χ3n) is 2.46. The van der Waals surface area contributed by atoms with Gasteiger partial charge in [-0.2, -0.15) is 0 Å². The van der Waals surface area contributed by atoms with E-state index in [1.54, 1.807) is 0 Å². The van der Waals surface area contributed by atoms with Gasteiger partial charge in [0.1, 0.15) is 0 Å². The zero-order chi connectivity index (χ0) is 6.27. The molecule has 1 saturated carbocycles. The fourth-order valence-corrected chi connectivity index (χ4v) is 1.72. The highest BCUT2D eigenvalue weighted by Gasteiger charge is 2.39. The number of hydrogen-bond donors (Lipinski definition) is 0. The van der Waals surface area contributed by atoms with Gasteiger partial charge in [-0.15, -0.1) is 0 Å². The average Bonchev–Trinajstić information content (AvgIpc) is 2.51. The lowest BCUT2D eigenvalue weighted by molar-refractivity contribution is 0.678. The van der Waals surface area contributed by atoms with Crippen molar-refractivity contribution in [1.29, 1.82) is 0 Å². The fraction of sp³-hybridized carbons (Fsp3) is 0.556. The minimum absolute atomic E-state index is 0.785. The molecule has 2 aliphatic carbocycles. The van der Waals surface area contributed by atoms with Crippen molar-refractivity contribution in [3.05, 3.63) is 24.3 Å². The molecular formula is C9H12. The van der Waals surface area contributed by atoms with Crippen molar-refractivity contribution in [2.75, 3.05) is 0 Å². The molecule has 0 heterocycles. The van der Waals surface area contributed by atoms with Gasteiger partial charge in [0.2, 0.25) is 0 Å². The van der Waals surface area contributed by atoms with E-state index in [1.807, 2.05) is 0 Å². The molecule has 0 saturated heterocycles. The van der Waals surface area contributed by atoms with Crippen molar-refractivity contribution in [2.24, 2.45) is 11.8 Å². The molecule has 0 spiro atoms. The van der Waals surface area contributed by atoms with Gasteiger partial charge in [0.25, 0.3) is 0 Å². The molecule has 0 aromatic heterocycles. The van der Waals surface area contributed by atoms with Gasteiger partial charge < -0.3 is 0 Å². The molecule has 2 unspecified atom stereocenters. The second-order valence-electron chi connectivity index (χ2n) is 3.07. The van der Waals surface area contributed by atoms with Crippen LogP contribution in [0.25, 0.3) is 0 Å². The van der Waals surface area contributed by atoms with Gasteiger partial charge in [0.05, 0.1) is 0 Å². The van der Waals surface area contributed by atoms with Crippen LogP contribution in [-0.2, 0) is 0 Å². The van der Waals surface area contributed by atoms with Crippen LogP contribution >= 0.6 is 0 Å². The van der Waals surface area contributed by atoms with Crippen LogP contribution in [0.4, 0.5) is 0 Å². The summed E-state index contributed by atoms with van der Waals surface area (Å²) in [6.45, 7) is 4.00. The summed E-state index contributed by atoms with van der Waals surface area (Å²) < 4.78 is 0. The average molecular weight is 120 g/mol. The first-order valence-corrected chi connectivity index (χ1v) is 3.75. The molecule has 0 amide bonds. The summed E-state index contributed by atoms with van der Waals surface area (Å²) in [5.41, 5.74) is 1.48. The fourth-order valence-electron chi connectivity index (χ4n) is 1.72. The largest absolute Gasteiger partial charge is 0.0989 e. The molecule has 2 atom stereocenters. The summed E-state index contributed by atoms with van der Waals surface area (Å²) in [6.07, 6.45) is 8.69. The molecule has 0 nitrogen and oxygen atoms in total. The van der Waals surface area contributed by atoms with Gasteiger partial charge in [0, 0.05) is 5.92 Å². The van der Waals surface area contributed by atoms with Crippen LogP contribution in [0.5, 0.6) is 0 Å². The Bertz CT molecular complexity index is 165. The van der Waals surface area contributed by atoms with Crippen LogP contribution in [-0.4, -0.2) is 0 Å². The van der Waals surface area contributed by atoms with Crippen LogP contribution in [0.3, 0.4) is 0 Å². The molecule has 0 aromatic rings. The summed E-state index contributed by atoms with van der Waals surface area (Å²) in [5.74, 6) is 1.66. The number of rotatable bonds is 0. The first-order chi connectivity index (χ1) is 4.39. The van der Waals surface area contributed by atoms with Crippen molar-refractivity contribution in [3.63, 3.8) is 0 Å².